The maximum Gasteiger partial charge on any atom is 0.224 e. The summed E-state index contributed by atoms with van der Waals surface area (Å²) in [6, 6.07) is -0.234. The van der Waals surface area contributed by atoms with Crippen LogP contribution < -0.4 is 0 Å². The first kappa shape index (κ1) is 11.6. The van der Waals surface area contributed by atoms with Gasteiger partial charge in [0.25, 0.3) is 0 Å². The average Bonchev–Trinajstić information content (AvgIpc) is 2.56. The highest BCUT2D eigenvalue weighted by Gasteiger charge is 2.33. The largest absolute Gasteiger partial charge is 0.321 e. The van der Waals surface area contributed by atoms with E-state index in [1.807, 2.05) is 0 Å². The first-order chi connectivity index (χ1) is 6.70. The van der Waals surface area contributed by atoms with Gasteiger partial charge in [-0.2, -0.15) is 12.6 Å². The number of unbranched alkanes of at least 4 members (excludes halogenated alkanes) is 1. The van der Waals surface area contributed by atoms with Crippen LogP contribution in [0.5, 0.6) is 0 Å². The van der Waals surface area contributed by atoms with Crippen LogP contribution in [0.15, 0.2) is 0 Å². The monoisotopic (exact) mass is 215 g/mol. The Morgan fingerprint density at radius 3 is 3.00 bits per heavy atom. The Balaban J connectivity index is 2.54. The number of aldehydes is 1. The van der Waals surface area contributed by atoms with Gasteiger partial charge >= 0.3 is 0 Å². The molecular weight excluding hydrogens is 198 g/mol. The molecule has 0 aromatic heterocycles. The molecule has 0 bridgehead atoms. The van der Waals surface area contributed by atoms with Crippen molar-refractivity contribution < 1.29 is 9.59 Å². The fourth-order valence-corrected chi connectivity index (χ4v) is 2.25. The molecule has 1 rings (SSSR count). The van der Waals surface area contributed by atoms with Crippen LogP contribution in [0, 0.1) is 0 Å². The highest BCUT2D eigenvalue weighted by atomic mass is 32.1. The quantitative estimate of drug-likeness (QED) is 0.559. The minimum Gasteiger partial charge on any atom is -0.321 e. The first-order valence-electron chi connectivity index (χ1n) is 5.15. The lowest BCUT2D eigenvalue weighted by Crippen LogP contribution is -2.39. The number of likely N-dealkylation sites (tertiary alicyclic amines) is 1. The fourth-order valence-electron chi connectivity index (χ4n) is 1.77. The summed E-state index contributed by atoms with van der Waals surface area (Å²) in [4.78, 5) is 23.8. The van der Waals surface area contributed by atoms with E-state index in [-0.39, 0.29) is 17.3 Å². The molecule has 1 aliphatic rings. The number of hydrogen-bond acceptors (Lipinski definition) is 3. The van der Waals surface area contributed by atoms with Crippen molar-refractivity contribution in [3.8, 4) is 0 Å². The van der Waals surface area contributed by atoms with Gasteiger partial charge in [-0.1, -0.05) is 19.8 Å². The molecule has 2 unspecified atom stereocenters. The van der Waals surface area contributed by atoms with Gasteiger partial charge in [-0.3, -0.25) is 4.79 Å². The highest BCUT2D eigenvalue weighted by Crippen LogP contribution is 2.24. The minimum atomic E-state index is -0.234. The molecule has 4 heteroatoms. The van der Waals surface area contributed by atoms with Crippen molar-refractivity contribution in [3.05, 3.63) is 0 Å². The van der Waals surface area contributed by atoms with E-state index < -0.39 is 0 Å². The molecule has 0 radical (unpaired) electrons. The third-order valence-corrected chi connectivity index (χ3v) is 3.10. The van der Waals surface area contributed by atoms with Crippen LogP contribution in [0.3, 0.4) is 0 Å². The zero-order chi connectivity index (χ0) is 10.6. The Kier molecular flexibility index (Phi) is 4.45. The molecule has 1 saturated heterocycles. The predicted octanol–water partition coefficient (Wildman–Crippen LogP) is 1.62. The summed E-state index contributed by atoms with van der Waals surface area (Å²) in [5.41, 5.74) is 0. The molecule has 1 fully saturated rings. The molecule has 1 heterocycles. The van der Waals surface area contributed by atoms with Crippen LogP contribution >= 0.6 is 12.6 Å². The molecule has 14 heavy (non-hydrogen) atoms. The third-order valence-electron chi connectivity index (χ3n) is 2.59. The summed E-state index contributed by atoms with van der Waals surface area (Å²) in [6.45, 7) is 2.10. The third kappa shape index (κ3) is 2.50. The van der Waals surface area contributed by atoms with E-state index in [1.54, 1.807) is 4.90 Å². The van der Waals surface area contributed by atoms with Crippen molar-refractivity contribution >= 4 is 24.8 Å². The summed E-state index contributed by atoms with van der Waals surface area (Å²) in [7, 11) is 0. The molecule has 0 aromatic rings. The van der Waals surface area contributed by atoms with Crippen molar-refractivity contribution in [2.24, 2.45) is 0 Å². The van der Waals surface area contributed by atoms with E-state index in [1.165, 1.54) is 0 Å². The van der Waals surface area contributed by atoms with Crippen LogP contribution in [0.25, 0.3) is 0 Å². The average molecular weight is 215 g/mol. The Morgan fingerprint density at radius 2 is 2.43 bits per heavy atom. The predicted molar refractivity (Wildman–Crippen MR) is 58.2 cm³/mol. The summed E-state index contributed by atoms with van der Waals surface area (Å²) in [6.07, 6.45) is 5.02. The van der Waals surface area contributed by atoms with Crippen molar-refractivity contribution in [2.75, 3.05) is 0 Å². The molecule has 0 aromatic carbocycles. The number of nitrogens with zero attached hydrogens (tertiary/aromatic N) is 1. The lowest BCUT2D eigenvalue weighted by molar-refractivity contribution is -0.131. The number of hydrogen-bond donors (Lipinski definition) is 1. The lowest BCUT2D eigenvalue weighted by atomic mass is 10.2. The van der Waals surface area contributed by atoms with Crippen LogP contribution in [-0.2, 0) is 9.59 Å². The van der Waals surface area contributed by atoms with Crippen molar-refractivity contribution in [3.63, 3.8) is 0 Å². The minimum absolute atomic E-state index is 0.0678. The Hall–Kier alpha value is -0.510. The molecule has 0 aliphatic carbocycles. The first-order valence-corrected chi connectivity index (χ1v) is 5.66. The van der Waals surface area contributed by atoms with E-state index in [9.17, 15) is 9.59 Å². The van der Waals surface area contributed by atoms with Gasteiger partial charge in [-0.05, 0) is 12.8 Å². The van der Waals surface area contributed by atoms with Crippen LogP contribution in [0.4, 0.5) is 0 Å². The number of thiol groups is 1. The van der Waals surface area contributed by atoms with Gasteiger partial charge in [0.1, 0.15) is 6.29 Å². The van der Waals surface area contributed by atoms with Crippen LogP contribution in [0.1, 0.15) is 39.0 Å². The zero-order valence-electron chi connectivity index (χ0n) is 8.48. The van der Waals surface area contributed by atoms with Gasteiger partial charge in [0, 0.05) is 6.42 Å². The van der Waals surface area contributed by atoms with E-state index in [4.69, 9.17) is 0 Å². The Morgan fingerprint density at radius 1 is 1.71 bits per heavy atom. The lowest BCUT2D eigenvalue weighted by Gasteiger charge is -2.27. The van der Waals surface area contributed by atoms with Crippen molar-refractivity contribution in [1.82, 2.24) is 4.90 Å². The van der Waals surface area contributed by atoms with E-state index in [0.717, 1.165) is 25.5 Å². The van der Waals surface area contributed by atoms with Gasteiger partial charge in [0.2, 0.25) is 5.91 Å². The van der Waals surface area contributed by atoms with Gasteiger partial charge < -0.3 is 9.69 Å². The summed E-state index contributed by atoms with van der Waals surface area (Å²) in [5, 5.41) is -0.0832. The smallest absolute Gasteiger partial charge is 0.224 e. The zero-order valence-corrected chi connectivity index (χ0v) is 9.37. The fraction of sp³-hybridized carbons (Fsp3) is 0.800. The number of carbonyl (C=O) groups is 2. The maximum absolute atomic E-state index is 11.5. The van der Waals surface area contributed by atoms with Gasteiger partial charge in [-0.25, -0.2) is 0 Å². The topological polar surface area (TPSA) is 37.4 Å². The molecule has 0 spiro atoms. The Labute approximate surface area is 90.3 Å². The molecule has 1 aliphatic heterocycles. The number of amides is 1. The van der Waals surface area contributed by atoms with Crippen LogP contribution in [-0.4, -0.2) is 28.5 Å². The normalized spacial score (nSPS) is 24.0. The van der Waals surface area contributed by atoms with E-state index >= 15 is 0 Å². The standard InChI is InChI=1S/C10H17NO2S/c1-2-3-4-10(14)11-8(7-12)5-6-9(11)13/h7-8,10,14H,2-6H2,1H3. The molecule has 3 nitrogen and oxygen atoms in total. The summed E-state index contributed by atoms with van der Waals surface area (Å²) >= 11 is 4.38. The Bertz CT molecular complexity index is 220. The second-order valence-electron chi connectivity index (χ2n) is 3.67. The van der Waals surface area contributed by atoms with Crippen LogP contribution in [0.2, 0.25) is 0 Å². The number of carbonyl (C=O) groups excluding carboxylic acids is 2. The molecule has 0 N–H and O–H groups in total. The molecule has 1 amide bonds. The second kappa shape index (κ2) is 5.39. The molecule has 2 atom stereocenters. The van der Waals surface area contributed by atoms with E-state index in [0.29, 0.717) is 12.8 Å². The van der Waals surface area contributed by atoms with E-state index in [2.05, 4.69) is 19.6 Å². The molecule has 80 valence electrons. The van der Waals surface area contributed by atoms with Gasteiger partial charge in [0.05, 0.1) is 11.4 Å². The van der Waals surface area contributed by atoms with Crippen molar-refractivity contribution in [2.45, 2.75) is 50.4 Å². The maximum atomic E-state index is 11.5. The second-order valence-corrected chi connectivity index (χ2v) is 4.26. The van der Waals surface area contributed by atoms with Gasteiger partial charge in [-0.15, -0.1) is 0 Å². The molecular formula is C10H17NO2S. The van der Waals surface area contributed by atoms with Gasteiger partial charge in [0.15, 0.2) is 0 Å². The SMILES string of the molecule is CCCCC(S)N1C(=O)CCC1C=O. The summed E-state index contributed by atoms with van der Waals surface area (Å²) < 4.78 is 0. The molecule has 0 saturated carbocycles. The highest BCUT2D eigenvalue weighted by molar-refractivity contribution is 7.80. The van der Waals surface area contributed by atoms with Crippen molar-refractivity contribution in [1.29, 1.82) is 0 Å². The number of rotatable bonds is 5. The summed E-state index contributed by atoms with van der Waals surface area (Å²) in [5.74, 6) is 0.0678.